The second-order valence-corrected chi connectivity index (χ2v) is 5.14. The summed E-state index contributed by atoms with van der Waals surface area (Å²) in [7, 11) is 1.73. The summed E-state index contributed by atoms with van der Waals surface area (Å²) in [6.07, 6.45) is 1.38. The molecule has 0 saturated heterocycles. The van der Waals surface area contributed by atoms with Crippen molar-refractivity contribution in [2.45, 2.75) is 32.7 Å². The first-order chi connectivity index (χ1) is 9.99. The Morgan fingerprint density at radius 3 is 2.62 bits per heavy atom. The molecule has 0 radical (unpaired) electrons. The molecular weight excluding hydrogens is 268 g/mol. The van der Waals surface area contributed by atoms with Crippen LogP contribution in [0.4, 0.5) is 0 Å². The fourth-order valence-electron chi connectivity index (χ4n) is 1.93. The highest BCUT2D eigenvalue weighted by Gasteiger charge is 2.14. The third-order valence-corrected chi connectivity index (χ3v) is 3.37. The Kier molecular flexibility index (Phi) is 6.88. The fourth-order valence-corrected chi connectivity index (χ4v) is 1.93. The smallest absolute Gasteiger partial charge is 0.253 e. The molecule has 0 aliphatic carbocycles. The van der Waals surface area contributed by atoms with Crippen LogP contribution in [0.25, 0.3) is 0 Å². The minimum atomic E-state index is -0.200. The van der Waals surface area contributed by atoms with Crippen LogP contribution in [0.1, 0.15) is 47.4 Å². The lowest BCUT2D eigenvalue weighted by Gasteiger charge is -2.16. The maximum Gasteiger partial charge on any atom is 0.253 e. The third-order valence-electron chi connectivity index (χ3n) is 3.37. The molecule has 21 heavy (non-hydrogen) atoms. The summed E-state index contributed by atoms with van der Waals surface area (Å²) in [5.74, 6) is -0.297. The number of carbonyl (C=O) groups excluding carboxylic acids is 2. The van der Waals surface area contributed by atoms with E-state index < -0.39 is 0 Å². The van der Waals surface area contributed by atoms with Crippen LogP contribution in [-0.2, 0) is 0 Å². The predicted molar refractivity (Wildman–Crippen MR) is 82.3 cm³/mol. The number of nitrogens with one attached hydrogen (secondary N) is 1. The van der Waals surface area contributed by atoms with Crippen molar-refractivity contribution >= 4 is 11.8 Å². The van der Waals surface area contributed by atoms with Gasteiger partial charge in [0.25, 0.3) is 11.8 Å². The highest BCUT2D eigenvalue weighted by Crippen LogP contribution is 2.09. The lowest BCUT2D eigenvalue weighted by atomic mass is 10.1. The van der Waals surface area contributed by atoms with Gasteiger partial charge in [-0.2, -0.15) is 0 Å². The molecule has 0 saturated carbocycles. The van der Waals surface area contributed by atoms with Crippen LogP contribution < -0.4 is 5.32 Å². The van der Waals surface area contributed by atoms with E-state index in [-0.39, 0.29) is 24.5 Å². The summed E-state index contributed by atoms with van der Waals surface area (Å²) < 4.78 is 0. The van der Waals surface area contributed by atoms with Crippen molar-refractivity contribution in [1.82, 2.24) is 10.2 Å². The van der Waals surface area contributed by atoms with Gasteiger partial charge < -0.3 is 15.3 Å². The van der Waals surface area contributed by atoms with Crippen molar-refractivity contribution in [3.63, 3.8) is 0 Å². The maximum atomic E-state index is 12.1. The van der Waals surface area contributed by atoms with E-state index in [0.717, 1.165) is 6.42 Å². The summed E-state index contributed by atoms with van der Waals surface area (Å²) in [6.45, 7) is 4.53. The zero-order valence-corrected chi connectivity index (χ0v) is 12.9. The molecule has 0 heterocycles. The highest BCUT2D eigenvalue weighted by atomic mass is 16.3. The number of aliphatic hydroxyl groups is 1. The van der Waals surface area contributed by atoms with Crippen LogP contribution in [0.3, 0.4) is 0 Å². The van der Waals surface area contributed by atoms with Crippen molar-refractivity contribution < 1.29 is 14.7 Å². The molecule has 5 nitrogen and oxygen atoms in total. The molecular formula is C16H24N2O3. The second kappa shape index (κ2) is 8.42. The molecule has 1 atom stereocenters. The lowest BCUT2D eigenvalue weighted by Crippen LogP contribution is -2.33. The molecule has 0 aromatic heterocycles. The molecule has 1 rings (SSSR count). The fraction of sp³-hybridized carbons (Fsp3) is 0.500. The molecule has 1 aromatic rings. The van der Waals surface area contributed by atoms with Gasteiger partial charge >= 0.3 is 0 Å². The maximum absolute atomic E-state index is 12.1. The average Bonchev–Trinajstić information content (AvgIpc) is 2.51. The Morgan fingerprint density at radius 1 is 1.33 bits per heavy atom. The zero-order valence-electron chi connectivity index (χ0n) is 12.9. The molecule has 0 aliphatic rings. The SMILES string of the molecule is CCN(C)C(=O)c1cccc(C(=O)NC(C)CCCO)c1. The summed E-state index contributed by atoms with van der Waals surface area (Å²) in [6, 6.07) is 6.71. The third kappa shape index (κ3) is 5.19. The van der Waals surface area contributed by atoms with Gasteiger partial charge in [-0.1, -0.05) is 6.07 Å². The largest absolute Gasteiger partial charge is 0.396 e. The Morgan fingerprint density at radius 2 is 2.00 bits per heavy atom. The number of rotatable bonds is 7. The molecule has 2 N–H and O–H groups in total. The highest BCUT2D eigenvalue weighted by molar-refractivity contribution is 5.99. The Hall–Kier alpha value is -1.88. The van der Waals surface area contributed by atoms with Gasteiger partial charge in [-0.15, -0.1) is 0 Å². The average molecular weight is 292 g/mol. The Balaban J connectivity index is 2.75. The van der Waals surface area contributed by atoms with Crippen LogP contribution in [0.15, 0.2) is 24.3 Å². The summed E-state index contributed by atoms with van der Waals surface area (Å²) in [5.41, 5.74) is 0.983. The number of benzene rings is 1. The summed E-state index contributed by atoms with van der Waals surface area (Å²) >= 11 is 0. The van der Waals surface area contributed by atoms with E-state index in [1.807, 2.05) is 13.8 Å². The van der Waals surface area contributed by atoms with Gasteiger partial charge in [0.1, 0.15) is 0 Å². The molecule has 0 aliphatic heterocycles. The van der Waals surface area contributed by atoms with E-state index in [1.54, 1.807) is 36.2 Å². The molecule has 1 aromatic carbocycles. The molecule has 2 amide bonds. The van der Waals surface area contributed by atoms with E-state index in [0.29, 0.717) is 24.1 Å². The first-order valence-electron chi connectivity index (χ1n) is 7.26. The number of hydrogen-bond acceptors (Lipinski definition) is 3. The van der Waals surface area contributed by atoms with Crippen LogP contribution >= 0.6 is 0 Å². The van der Waals surface area contributed by atoms with Gasteiger partial charge in [-0.25, -0.2) is 0 Å². The molecule has 1 unspecified atom stereocenters. The van der Waals surface area contributed by atoms with Crippen LogP contribution in [0.5, 0.6) is 0 Å². The van der Waals surface area contributed by atoms with Crippen molar-refractivity contribution in [1.29, 1.82) is 0 Å². The van der Waals surface area contributed by atoms with Crippen molar-refractivity contribution in [3.8, 4) is 0 Å². The Labute approximate surface area is 126 Å². The van der Waals surface area contributed by atoms with Gasteiger partial charge in [-0.05, 0) is 44.9 Å². The first-order valence-corrected chi connectivity index (χ1v) is 7.26. The second-order valence-electron chi connectivity index (χ2n) is 5.14. The lowest BCUT2D eigenvalue weighted by molar-refractivity contribution is 0.0802. The van der Waals surface area contributed by atoms with E-state index in [4.69, 9.17) is 5.11 Å². The minimum Gasteiger partial charge on any atom is -0.396 e. The quantitative estimate of drug-likeness (QED) is 0.803. The van der Waals surface area contributed by atoms with Crippen molar-refractivity contribution in [2.24, 2.45) is 0 Å². The van der Waals surface area contributed by atoms with Crippen molar-refractivity contribution in [3.05, 3.63) is 35.4 Å². The van der Waals surface area contributed by atoms with Gasteiger partial charge in [0.15, 0.2) is 0 Å². The van der Waals surface area contributed by atoms with Gasteiger partial charge in [-0.3, -0.25) is 9.59 Å². The molecule has 0 spiro atoms. The molecule has 0 fully saturated rings. The van der Waals surface area contributed by atoms with E-state index >= 15 is 0 Å². The van der Waals surface area contributed by atoms with E-state index in [9.17, 15) is 9.59 Å². The normalized spacial score (nSPS) is 11.8. The predicted octanol–water partition coefficient (Wildman–Crippen LogP) is 1.67. The first kappa shape index (κ1) is 17.2. The van der Waals surface area contributed by atoms with Crippen LogP contribution in [-0.4, -0.2) is 48.1 Å². The van der Waals surface area contributed by atoms with Crippen molar-refractivity contribution in [2.75, 3.05) is 20.2 Å². The number of carbonyl (C=O) groups is 2. The number of nitrogens with zero attached hydrogens (tertiary/aromatic N) is 1. The number of aliphatic hydroxyl groups excluding tert-OH is 1. The van der Waals surface area contributed by atoms with E-state index in [1.165, 1.54) is 0 Å². The van der Waals surface area contributed by atoms with Gasteiger partial charge in [0.2, 0.25) is 0 Å². The minimum absolute atomic E-state index is 0.0117. The monoisotopic (exact) mass is 292 g/mol. The van der Waals surface area contributed by atoms with Crippen LogP contribution in [0, 0.1) is 0 Å². The summed E-state index contributed by atoms with van der Waals surface area (Å²) in [5, 5.41) is 11.6. The topological polar surface area (TPSA) is 69.6 Å². The molecule has 0 bridgehead atoms. The molecule has 5 heteroatoms. The number of amides is 2. The molecule has 116 valence electrons. The van der Waals surface area contributed by atoms with Crippen LogP contribution in [0.2, 0.25) is 0 Å². The Bertz CT molecular complexity index is 488. The standard InChI is InChI=1S/C16H24N2O3/c1-4-18(3)16(21)14-9-5-8-13(11-14)15(20)17-12(2)7-6-10-19/h5,8-9,11-12,19H,4,6-7,10H2,1-3H3,(H,17,20). The summed E-state index contributed by atoms with van der Waals surface area (Å²) in [4.78, 5) is 25.8. The van der Waals surface area contributed by atoms with Gasteiger partial charge in [0.05, 0.1) is 0 Å². The number of hydrogen-bond donors (Lipinski definition) is 2. The van der Waals surface area contributed by atoms with E-state index in [2.05, 4.69) is 5.32 Å². The zero-order chi connectivity index (χ0) is 15.8. The van der Waals surface area contributed by atoms with Gasteiger partial charge in [0, 0.05) is 37.4 Å².